The fraction of sp³-hybridized carbons (Fsp3) is 0.238. The number of ketones is 2. The van der Waals surface area contributed by atoms with Gasteiger partial charge in [-0.15, -0.1) is 0 Å². The number of furan rings is 2. The smallest absolute Gasteiger partial charge is 0.211 e. The van der Waals surface area contributed by atoms with E-state index in [1.54, 1.807) is 36.4 Å². The Bertz CT molecular complexity index is 1010. The lowest BCUT2D eigenvalue weighted by Crippen LogP contribution is -2.28. The summed E-state index contributed by atoms with van der Waals surface area (Å²) in [6.07, 6.45) is 2.83. The molecule has 0 fully saturated rings. The molecule has 0 radical (unpaired) electrons. The van der Waals surface area contributed by atoms with Crippen molar-refractivity contribution in [2.75, 3.05) is 6.54 Å². The van der Waals surface area contributed by atoms with E-state index in [9.17, 15) is 19.7 Å². The second-order valence-corrected chi connectivity index (χ2v) is 6.83. The van der Waals surface area contributed by atoms with Gasteiger partial charge in [0, 0.05) is 23.2 Å². The van der Waals surface area contributed by atoms with Crippen molar-refractivity contribution in [1.82, 2.24) is 0 Å². The number of hydrogen-bond acceptors (Lipinski definition) is 6. The highest BCUT2D eigenvalue weighted by Crippen LogP contribution is 2.50. The summed E-state index contributed by atoms with van der Waals surface area (Å²) in [7, 11) is 0. The van der Waals surface area contributed by atoms with Crippen molar-refractivity contribution in [1.29, 1.82) is 0 Å². The summed E-state index contributed by atoms with van der Waals surface area (Å²) in [4.78, 5) is 36.8. The maximum atomic E-state index is 13.2. The van der Waals surface area contributed by atoms with Crippen LogP contribution in [0.2, 0.25) is 0 Å². The zero-order valence-corrected chi connectivity index (χ0v) is 14.8. The maximum absolute atomic E-state index is 13.2. The van der Waals surface area contributed by atoms with E-state index in [0.717, 1.165) is 11.1 Å². The molecular formula is C21H17NO6. The van der Waals surface area contributed by atoms with Gasteiger partial charge in [0.15, 0.2) is 17.3 Å². The van der Waals surface area contributed by atoms with Crippen molar-refractivity contribution in [3.63, 3.8) is 0 Å². The lowest BCUT2D eigenvalue weighted by Gasteiger charge is -2.21. The molecule has 3 atom stereocenters. The highest BCUT2D eigenvalue weighted by atomic mass is 16.6. The predicted molar refractivity (Wildman–Crippen MR) is 98.0 cm³/mol. The number of carbonyl (C=O) groups is 2. The minimum Gasteiger partial charge on any atom is -0.461 e. The van der Waals surface area contributed by atoms with Gasteiger partial charge in [-0.2, -0.15) is 0 Å². The van der Waals surface area contributed by atoms with Crippen LogP contribution in [0.4, 0.5) is 0 Å². The molecule has 1 aliphatic rings. The predicted octanol–water partition coefficient (Wildman–Crippen LogP) is 4.10. The molecule has 3 aromatic rings. The largest absolute Gasteiger partial charge is 0.461 e. The van der Waals surface area contributed by atoms with E-state index >= 15 is 0 Å². The van der Waals surface area contributed by atoms with E-state index in [1.807, 2.05) is 12.1 Å². The van der Waals surface area contributed by atoms with Crippen molar-refractivity contribution in [2.24, 2.45) is 5.92 Å². The Labute approximate surface area is 160 Å². The number of carbonyl (C=O) groups excluding carboxylic acids is 2. The molecular weight excluding hydrogens is 362 g/mol. The highest BCUT2D eigenvalue weighted by Gasteiger charge is 2.48. The monoisotopic (exact) mass is 379 g/mol. The first-order valence-electron chi connectivity index (χ1n) is 8.91. The van der Waals surface area contributed by atoms with Gasteiger partial charge in [0.25, 0.3) is 0 Å². The third-order valence-corrected chi connectivity index (χ3v) is 5.28. The normalized spacial score (nSPS) is 20.6. The van der Waals surface area contributed by atoms with Crippen molar-refractivity contribution >= 4 is 11.6 Å². The van der Waals surface area contributed by atoms with Crippen LogP contribution in [-0.4, -0.2) is 23.0 Å². The number of benzene rings is 1. The SMILES string of the molecule is O=C(C[C@H]1c2ccccc2[C@@H](C[N+](=O)[O-])[C@@H]1C(=O)c1ccco1)c1ccco1. The second kappa shape index (κ2) is 7.26. The van der Waals surface area contributed by atoms with Gasteiger partial charge in [-0.05, 0) is 35.4 Å². The van der Waals surface area contributed by atoms with Crippen molar-refractivity contribution in [2.45, 2.75) is 18.3 Å². The minimum atomic E-state index is -0.757. The van der Waals surface area contributed by atoms with Crippen LogP contribution in [0.15, 0.2) is 69.9 Å². The van der Waals surface area contributed by atoms with Crippen LogP contribution < -0.4 is 0 Å². The quantitative estimate of drug-likeness (QED) is 0.348. The number of hydrogen-bond donors (Lipinski definition) is 0. The Morgan fingerprint density at radius 1 is 0.893 bits per heavy atom. The van der Waals surface area contributed by atoms with E-state index in [-0.39, 0.29) is 36.1 Å². The number of nitro groups is 1. The van der Waals surface area contributed by atoms with Gasteiger partial charge in [0.1, 0.15) is 0 Å². The van der Waals surface area contributed by atoms with Crippen LogP contribution >= 0.6 is 0 Å². The lowest BCUT2D eigenvalue weighted by molar-refractivity contribution is -0.484. The van der Waals surface area contributed by atoms with Crippen LogP contribution in [0.25, 0.3) is 0 Å². The summed E-state index contributed by atoms with van der Waals surface area (Å²) in [6, 6.07) is 13.6. The van der Waals surface area contributed by atoms with E-state index in [4.69, 9.17) is 8.83 Å². The van der Waals surface area contributed by atoms with E-state index < -0.39 is 22.7 Å². The standard InChI is InChI=1S/C21H17NO6/c23-17(18-7-3-9-27-18)11-15-13-5-1-2-6-14(13)16(12-22(25)26)20(15)21(24)19-8-4-10-28-19/h1-10,15-16,20H,11-12H2/t15-,16+,20+/m0/s1. The molecule has 2 aromatic heterocycles. The summed E-state index contributed by atoms with van der Waals surface area (Å²) in [5, 5.41) is 11.3. The summed E-state index contributed by atoms with van der Waals surface area (Å²) in [5.41, 5.74) is 1.53. The third kappa shape index (κ3) is 3.15. The molecule has 0 amide bonds. The van der Waals surface area contributed by atoms with Crippen LogP contribution in [-0.2, 0) is 0 Å². The fourth-order valence-electron chi connectivity index (χ4n) is 4.15. The Morgan fingerprint density at radius 2 is 1.50 bits per heavy atom. The first kappa shape index (κ1) is 17.9. The maximum Gasteiger partial charge on any atom is 0.211 e. The zero-order valence-electron chi connectivity index (χ0n) is 14.8. The van der Waals surface area contributed by atoms with E-state index in [1.165, 1.54) is 12.5 Å². The average molecular weight is 379 g/mol. The van der Waals surface area contributed by atoms with Crippen LogP contribution in [0, 0.1) is 16.0 Å². The summed E-state index contributed by atoms with van der Waals surface area (Å²) < 4.78 is 10.5. The number of Topliss-reactive ketones (excluding diaryl/α,β-unsaturated/α-hetero) is 2. The van der Waals surface area contributed by atoms with E-state index in [2.05, 4.69) is 0 Å². The van der Waals surface area contributed by atoms with Gasteiger partial charge in [-0.1, -0.05) is 24.3 Å². The molecule has 4 rings (SSSR count). The molecule has 0 saturated heterocycles. The molecule has 0 unspecified atom stereocenters. The second-order valence-electron chi connectivity index (χ2n) is 6.83. The Balaban J connectivity index is 1.76. The van der Waals surface area contributed by atoms with Crippen molar-refractivity contribution in [3.8, 4) is 0 Å². The fourth-order valence-corrected chi connectivity index (χ4v) is 4.15. The number of rotatable bonds is 7. The van der Waals surface area contributed by atoms with Crippen LogP contribution in [0.1, 0.15) is 50.5 Å². The Morgan fingerprint density at radius 3 is 2.07 bits per heavy atom. The molecule has 0 aliphatic heterocycles. The molecule has 28 heavy (non-hydrogen) atoms. The van der Waals surface area contributed by atoms with Gasteiger partial charge in [-0.3, -0.25) is 19.7 Å². The molecule has 142 valence electrons. The van der Waals surface area contributed by atoms with Gasteiger partial charge < -0.3 is 8.83 Å². The molecule has 1 aromatic carbocycles. The average Bonchev–Trinajstić information content (AvgIpc) is 3.43. The molecule has 0 bridgehead atoms. The van der Waals surface area contributed by atoms with Gasteiger partial charge in [-0.25, -0.2) is 0 Å². The molecule has 0 spiro atoms. The molecule has 7 nitrogen and oxygen atoms in total. The topological polar surface area (TPSA) is 104 Å². The van der Waals surface area contributed by atoms with Crippen LogP contribution in [0.3, 0.4) is 0 Å². The summed E-state index contributed by atoms with van der Waals surface area (Å²) >= 11 is 0. The molecule has 1 aliphatic carbocycles. The number of fused-ring (bicyclic) bond motifs is 1. The molecule has 2 heterocycles. The van der Waals surface area contributed by atoms with Crippen molar-refractivity contribution < 1.29 is 23.3 Å². The first-order valence-corrected chi connectivity index (χ1v) is 8.91. The summed E-state index contributed by atoms with van der Waals surface area (Å²) in [6.45, 7) is -0.389. The molecule has 0 N–H and O–H groups in total. The van der Waals surface area contributed by atoms with E-state index in [0.29, 0.717) is 0 Å². The van der Waals surface area contributed by atoms with Gasteiger partial charge >= 0.3 is 0 Å². The number of nitrogens with zero attached hydrogens (tertiary/aromatic N) is 1. The van der Waals surface area contributed by atoms with Crippen LogP contribution in [0.5, 0.6) is 0 Å². The Hall–Kier alpha value is -3.48. The lowest BCUT2D eigenvalue weighted by atomic mass is 9.80. The van der Waals surface area contributed by atoms with Gasteiger partial charge in [0.2, 0.25) is 12.3 Å². The minimum absolute atomic E-state index is 0.0237. The zero-order chi connectivity index (χ0) is 19.7. The summed E-state index contributed by atoms with van der Waals surface area (Å²) in [5.74, 6) is -2.10. The first-order chi connectivity index (χ1) is 13.6. The Kier molecular flexibility index (Phi) is 4.65. The highest BCUT2D eigenvalue weighted by molar-refractivity contribution is 5.99. The molecule has 7 heteroatoms. The van der Waals surface area contributed by atoms with Crippen molar-refractivity contribution in [3.05, 3.63) is 93.8 Å². The van der Waals surface area contributed by atoms with Gasteiger partial charge in [0.05, 0.1) is 18.4 Å². The molecule has 0 saturated carbocycles. The third-order valence-electron chi connectivity index (χ3n) is 5.28.